The Morgan fingerprint density at radius 1 is 0.778 bits per heavy atom. The minimum absolute atomic E-state index is 1.24. The second-order valence-corrected chi connectivity index (χ2v) is 5.55. The van der Waals surface area contributed by atoms with E-state index in [2.05, 4.69) is 64.0 Å². The minimum atomic E-state index is 1.24. The molecule has 0 N–H and O–H groups in total. The van der Waals surface area contributed by atoms with Crippen LogP contribution in [-0.2, 0) is 0 Å². The summed E-state index contributed by atoms with van der Waals surface area (Å²) in [6.45, 7) is 0. The maximum absolute atomic E-state index is 2.25. The highest BCUT2D eigenvalue weighted by Crippen LogP contribution is 2.29. The number of thiophene rings is 2. The molecule has 0 saturated carbocycles. The molecule has 0 aliphatic heterocycles. The topological polar surface area (TPSA) is 0 Å². The quantitative estimate of drug-likeness (QED) is 0.596. The van der Waals surface area contributed by atoms with Crippen LogP contribution in [0.4, 0.5) is 0 Å². The summed E-state index contributed by atoms with van der Waals surface area (Å²) in [5.74, 6) is 0. The molecule has 0 atom stereocenters. The molecule has 0 aliphatic rings. The zero-order valence-electron chi connectivity index (χ0n) is 9.74. The van der Waals surface area contributed by atoms with E-state index in [0.717, 1.165) is 0 Å². The first-order valence-corrected chi connectivity index (χ1v) is 7.64. The molecule has 0 spiro atoms. The number of rotatable bonds is 3. The van der Waals surface area contributed by atoms with Gasteiger partial charge in [0, 0.05) is 0 Å². The van der Waals surface area contributed by atoms with E-state index in [1.165, 1.54) is 22.3 Å². The Kier molecular flexibility index (Phi) is 3.40. The zero-order chi connectivity index (χ0) is 12.2. The number of hydrogen-bond donors (Lipinski definition) is 0. The van der Waals surface area contributed by atoms with Crippen molar-refractivity contribution < 1.29 is 0 Å². The van der Waals surface area contributed by atoms with Gasteiger partial charge in [-0.1, -0.05) is 30.3 Å². The van der Waals surface area contributed by atoms with E-state index in [0.29, 0.717) is 0 Å². The minimum Gasteiger partial charge on any atom is -0.152 e. The molecule has 0 fully saturated rings. The summed E-state index contributed by atoms with van der Waals surface area (Å²) < 4.78 is 0. The molecule has 0 nitrogen and oxygen atoms in total. The van der Waals surface area contributed by atoms with Gasteiger partial charge in [0.25, 0.3) is 0 Å². The van der Waals surface area contributed by atoms with Crippen molar-refractivity contribution in [2.75, 3.05) is 0 Å². The highest BCUT2D eigenvalue weighted by molar-refractivity contribution is 7.08. The van der Waals surface area contributed by atoms with Gasteiger partial charge in [-0.3, -0.25) is 0 Å². The van der Waals surface area contributed by atoms with E-state index in [4.69, 9.17) is 0 Å². The molecule has 3 rings (SSSR count). The van der Waals surface area contributed by atoms with Crippen LogP contribution in [0.3, 0.4) is 0 Å². The van der Waals surface area contributed by atoms with Gasteiger partial charge in [0.05, 0.1) is 0 Å². The fourth-order valence-corrected chi connectivity index (χ4v) is 3.20. The van der Waals surface area contributed by atoms with Crippen LogP contribution in [-0.4, -0.2) is 0 Å². The Morgan fingerprint density at radius 2 is 1.39 bits per heavy atom. The molecule has 0 saturated heterocycles. The van der Waals surface area contributed by atoms with E-state index in [1.54, 1.807) is 22.7 Å². The van der Waals surface area contributed by atoms with E-state index in [-0.39, 0.29) is 0 Å². The second-order valence-electron chi connectivity index (χ2n) is 3.99. The molecule has 0 amide bonds. The van der Waals surface area contributed by atoms with Crippen LogP contribution in [0.25, 0.3) is 11.6 Å². The van der Waals surface area contributed by atoms with Crippen molar-refractivity contribution in [1.82, 2.24) is 0 Å². The van der Waals surface area contributed by atoms with Gasteiger partial charge in [0.2, 0.25) is 0 Å². The molecule has 18 heavy (non-hydrogen) atoms. The summed E-state index contributed by atoms with van der Waals surface area (Å²) in [4.78, 5) is 0. The van der Waals surface area contributed by atoms with Gasteiger partial charge in [0.15, 0.2) is 0 Å². The summed E-state index contributed by atoms with van der Waals surface area (Å²) in [6, 6.07) is 14.8. The molecule has 2 heterocycles. The Balaban J connectivity index is 2.09. The lowest BCUT2D eigenvalue weighted by atomic mass is 10.0. The lowest BCUT2D eigenvalue weighted by molar-refractivity contribution is 1.64. The lowest BCUT2D eigenvalue weighted by Gasteiger charge is -2.04. The fourth-order valence-electron chi connectivity index (χ4n) is 1.88. The summed E-state index contributed by atoms with van der Waals surface area (Å²) >= 11 is 3.48. The highest BCUT2D eigenvalue weighted by atomic mass is 32.1. The van der Waals surface area contributed by atoms with E-state index >= 15 is 0 Å². The monoisotopic (exact) mass is 268 g/mol. The van der Waals surface area contributed by atoms with Gasteiger partial charge in [-0.2, -0.15) is 22.7 Å². The highest BCUT2D eigenvalue weighted by Gasteiger charge is 2.06. The third kappa shape index (κ3) is 2.45. The van der Waals surface area contributed by atoms with Gasteiger partial charge in [-0.25, -0.2) is 0 Å². The van der Waals surface area contributed by atoms with E-state index in [9.17, 15) is 0 Å². The fraction of sp³-hybridized carbons (Fsp3) is 0. The summed E-state index contributed by atoms with van der Waals surface area (Å²) in [7, 11) is 0. The first kappa shape index (κ1) is 11.5. The molecule has 0 aliphatic carbocycles. The van der Waals surface area contributed by atoms with Gasteiger partial charge in [-0.05, 0) is 62.0 Å². The molecular formula is C16H12S2. The SMILES string of the molecule is C(=C(c1ccsc1)c1ccsc1)c1ccccc1. The Hall–Kier alpha value is -1.64. The molecule has 88 valence electrons. The van der Waals surface area contributed by atoms with Crippen molar-refractivity contribution in [2.45, 2.75) is 0 Å². The van der Waals surface area contributed by atoms with Crippen LogP contribution in [0.2, 0.25) is 0 Å². The van der Waals surface area contributed by atoms with Gasteiger partial charge in [-0.15, -0.1) is 0 Å². The van der Waals surface area contributed by atoms with Crippen molar-refractivity contribution in [1.29, 1.82) is 0 Å². The van der Waals surface area contributed by atoms with Gasteiger partial charge >= 0.3 is 0 Å². The maximum Gasteiger partial charge on any atom is -0.00145 e. The maximum atomic E-state index is 2.25. The number of hydrogen-bond acceptors (Lipinski definition) is 2. The Morgan fingerprint density at radius 3 is 1.89 bits per heavy atom. The van der Waals surface area contributed by atoms with Crippen LogP contribution in [0.15, 0.2) is 64.0 Å². The predicted octanol–water partition coefficient (Wildman–Crippen LogP) is 5.40. The predicted molar refractivity (Wildman–Crippen MR) is 82.1 cm³/mol. The number of benzene rings is 1. The van der Waals surface area contributed by atoms with Gasteiger partial charge in [0.1, 0.15) is 0 Å². The Bertz CT molecular complexity index is 581. The largest absolute Gasteiger partial charge is 0.152 e. The smallest absolute Gasteiger partial charge is 0.00145 e. The molecule has 2 heteroatoms. The molecule has 3 aromatic rings. The van der Waals surface area contributed by atoms with Crippen LogP contribution in [0.1, 0.15) is 16.7 Å². The normalized spacial score (nSPS) is 10.2. The average molecular weight is 268 g/mol. The zero-order valence-corrected chi connectivity index (χ0v) is 11.4. The van der Waals surface area contributed by atoms with Gasteiger partial charge < -0.3 is 0 Å². The molecule has 1 aromatic carbocycles. The van der Waals surface area contributed by atoms with Crippen LogP contribution >= 0.6 is 22.7 Å². The molecule has 0 bridgehead atoms. The first-order valence-electron chi connectivity index (χ1n) is 5.75. The molecular weight excluding hydrogens is 256 g/mol. The van der Waals surface area contributed by atoms with E-state index < -0.39 is 0 Å². The van der Waals surface area contributed by atoms with Crippen LogP contribution in [0.5, 0.6) is 0 Å². The Labute approximate surface area is 115 Å². The molecule has 0 unspecified atom stereocenters. The summed E-state index contributed by atoms with van der Waals surface area (Å²) in [6.07, 6.45) is 2.25. The van der Waals surface area contributed by atoms with Crippen molar-refractivity contribution in [3.63, 3.8) is 0 Å². The third-order valence-electron chi connectivity index (χ3n) is 2.77. The second kappa shape index (κ2) is 5.34. The van der Waals surface area contributed by atoms with Crippen molar-refractivity contribution in [3.05, 3.63) is 80.7 Å². The van der Waals surface area contributed by atoms with Crippen LogP contribution < -0.4 is 0 Å². The third-order valence-corrected chi connectivity index (χ3v) is 4.14. The van der Waals surface area contributed by atoms with E-state index in [1.807, 2.05) is 6.07 Å². The van der Waals surface area contributed by atoms with Crippen LogP contribution in [0, 0.1) is 0 Å². The first-order chi connectivity index (χ1) is 8.93. The van der Waals surface area contributed by atoms with Crippen molar-refractivity contribution in [2.24, 2.45) is 0 Å². The summed E-state index contributed by atoms with van der Waals surface area (Å²) in [5, 5.41) is 8.65. The standard InChI is InChI=1S/C16H12S2/c1-2-4-13(5-3-1)10-16(14-6-8-17-11-14)15-7-9-18-12-15/h1-12H. The molecule has 0 radical (unpaired) electrons. The van der Waals surface area contributed by atoms with Crippen molar-refractivity contribution in [3.8, 4) is 0 Å². The van der Waals surface area contributed by atoms with Crippen molar-refractivity contribution >= 4 is 34.3 Å². The summed E-state index contributed by atoms with van der Waals surface area (Å²) in [5.41, 5.74) is 5.12. The average Bonchev–Trinajstić information content (AvgIpc) is 3.11. The lowest BCUT2D eigenvalue weighted by Crippen LogP contribution is -1.83. The molecule has 2 aromatic heterocycles.